The van der Waals surface area contributed by atoms with Crippen molar-refractivity contribution < 1.29 is 14.6 Å². The van der Waals surface area contributed by atoms with Crippen LogP contribution in [0, 0.1) is 0 Å². The zero-order valence-corrected chi connectivity index (χ0v) is 19.6. The van der Waals surface area contributed by atoms with E-state index in [0.717, 1.165) is 38.0 Å². The number of aliphatic hydroxyl groups is 1. The predicted octanol–water partition coefficient (Wildman–Crippen LogP) is 3.68. The highest BCUT2D eigenvalue weighted by atomic mass is 16.5. The van der Waals surface area contributed by atoms with E-state index in [9.17, 15) is 5.11 Å². The maximum absolute atomic E-state index is 10.5. The van der Waals surface area contributed by atoms with Crippen LogP contribution in [0.4, 0.5) is 0 Å². The van der Waals surface area contributed by atoms with Crippen LogP contribution in [0.3, 0.4) is 0 Å². The minimum atomic E-state index is -0.599. The Bertz CT molecular complexity index is 938. The zero-order valence-electron chi connectivity index (χ0n) is 19.6. The molecule has 0 aliphatic rings. The van der Waals surface area contributed by atoms with Crippen LogP contribution in [0.1, 0.15) is 23.1 Å². The summed E-state index contributed by atoms with van der Waals surface area (Å²) in [6.07, 6.45) is 5.17. The second kappa shape index (κ2) is 13.6. The number of nitrogens with one attached hydrogen (secondary N) is 1. The molecule has 0 saturated heterocycles. The minimum absolute atomic E-state index is 0.206. The highest BCUT2D eigenvalue weighted by Gasteiger charge is 2.12. The average Bonchev–Trinajstić information content (AvgIpc) is 2.84. The Kier molecular flexibility index (Phi) is 10.2. The van der Waals surface area contributed by atoms with Gasteiger partial charge in [0.15, 0.2) is 11.5 Å². The number of hydrogen-bond acceptors (Lipinski definition) is 6. The topological polar surface area (TPSA) is 66.8 Å². The fourth-order valence-electron chi connectivity index (χ4n) is 3.70. The Morgan fingerprint density at radius 2 is 1.82 bits per heavy atom. The summed E-state index contributed by atoms with van der Waals surface area (Å²) >= 11 is 0. The molecular weight excluding hydrogens is 414 g/mol. The number of rotatable bonds is 14. The van der Waals surface area contributed by atoms with Crippen molar-refractivity contribution in [3.63, 3.8) is 0 Å². The third kappa shape index (κ3) is 8.85. The number of aliphatic hydroxyl groups excluding tert-OH is 1. The van der Waals surface area contributed by atoms with E-state index in [1.807, 2.05) is 55.7 Å². The van der Waals surface area contributed by atoms with Gasteiger partial charge in [-0.2, -0.15) is 0 Å². The van der Waals surface area contributed by atoms with E-state index in [1.165, 1.54) is 11.1 Å². The first kappa shape index (κ1) is 24.7. The van der Waals surface area contributed by atoms with Crippen LogP contribution in [-0.2, 0) is 19.5 Å². The Hall–Kier alpha value is -2.93. The minimum Gasteiger partial charge on any atom is -0.493 e. The average molecular weight is 450 g/mol. The molecule has 2 aromatic carbocycles. The fourth-order valence-corrected chi connectivity index (χ4v) is 3.70. The molecule has 0 bridgehead atoms. The van der Waals surface area contributed by atoms with Crippen molar-refractivity contribution in [1.29, 1.82) is 0 Å². The van der Waals surface area contributed by atoms with Crippen molar-refractivity contribution in [2.75, 3.05) is 33.9 Å². The summed E-state index contributed by atoms with van der Waals surface area (Å²) in [5.74, 6) is 1.32. The summed E-state index contributed by atoms with van der Waals surface area (Å²) in [4.78, 5) is 6.24. The van der Waals surface area contributed by atoms with Crippen LogP contribution in [0.5, 0.6) is 11.5 Å². The maximum Gasteiger partial charge on any atom is 0.161 e. The number of likely N-dealkylation sites (N-methyl/N-ethyl adjacent to an activating group) is 1. The van der Waals surface area contributed by atoms with E-state index in [0.29, 0.717) is 18.0 Å². The second-order valence-electron chi connectivity index (χ2n) is 8.27. The molecule has 176 valence electrons. The summed E-state index contributed by atoms with van der Waals surface area (Å²) in [6.45, 7) is 3.18. The van der Waals surface area contributed by atoms with Crippen molar-refractivity contribution in [2.24, 2.45) is 0 Å². The van der Waals surface area contributed by atoms with E-state index in [1.54, 1.807) is 13.3 Å². The molecule has 0 aliphatic heterocycles. The molecule has 0 radical (unpaired) electrons. The first-order valence-corrected chi connectivity index (χ1v) is 11.4. The van der Waals surface area contributed by atoms with Crippen LogP contribution < -0.4 is 14.8 Å². The van der Waals surface area contributed by atoms with E-state index in [2.05, 4.69) is 33.4 Å². The highest BCUT2D eigenvalue weighted by molar-refractivity contribution is 5.43. The molecule has 2 N–H and O–H groups in total. The molecule has 1 atom stereocenters. The predicted molar refractivity (Wildman–Crippen MR) is 132 cm³/mol. The lowest BCUT2D eigenvalue weighted by Gasteiger charge is -2.21. The van der Waals surface area contributed by atoms with Gasteiger partial charge in [-0.05, 0) is 61.3 Å². The van der Waals surface area contributed by atoms with Crippen LogP contribution in [0.25, 0.3) is 0 Å². The monoisotopic (exact) mass is 449 g/mol. The molecular formula is C27H35N3O3. The normalized spacial score (nSPS) is 12.0. The summed E-state index contributed by atoms with van der Waals surface area (Å²) in [7, 11) is 3.63. The smallest absolute Gasteiger partial charge is 0.161 e. The van der Waals surface area contributed by atoms with Gasteiger partial charge in [-0.3, -0.25) is 9.88 Å². The van der Waals surface area contributed by atoms with Gasteiger partial charge in [0, 0.05) is 32.0 Å². The molecule has 1 aromatic heterocycles. The molecule has 1 unspecified atom stereocenters. The van der Waals surface area contributed by atoms with Gasteiger partial charge in [0.25, 0.3) is 0 Å². The number of pyridine rings is 1. The first-order valence-electron chi connectivity index (χ1n) is 11.4. The van der Waals surface area contributed by atoms with Gasteiger partial charge in [-0.1, -0.05) is 42.5 Å². The number of benzene rings is 2. The van der Waals surface area contributed by atoms with Crippen LogP contribution in [-0.4, -0.2) is 54.9 Å². The largest absolute Gasteiger partial charge is 0.493 e. The van der Waals surface area contributed by atoms with Gasteiger partial charge in [-0.25, -0.2) is 0 Å². The van der Waals surface area contributed by atoms with E-state index >= 15 is 0 Å². The van der Waals surface area contributed by atoms with Gasteiger partial charge in [0.05, 0.1) is 7.11 Å². The quantitative estimate of drug-likeness (QED) is 0.366. The summed E-state index contributed by atoms with van der Waals surface area (Å²) < 4.78 is 11.4. The lowest BCUT2D eigenvalue weighted by atomic mass is 10.1. The molecule has 6 heteroatoms. The molecule has 0 saturated carbocycles. The second-order valence-corrected chi connectivity index (χ2v) is 8.27. The maximum atomic E-state index is 10.5. The molecule has 6 nitrogen and oxygen atoms in total. The van der Waals surface area contributed by atoms with Crippen molar-refractivity contribution in [2.45, 2.75) is 32.0 Å². The van der Waals surface area contributed by atoms with Crippen molar-refractivity contribution in [3.05, 3.63) is 89.7 Å². The third-order valence-electron chi connectivity index (χ3n) is 5.35. The van der Waals surface area contributed by atoms with Gasteiger partial charge in [0.1, 0.15) is 12.7 Å². The molecule has 1 heterocycles. The van der Waals surface area contributed by atoms with Gasteiger partial charge < -0.3 is 19.9 Å². The Balaban J connectivity index is 1.42. The number of aryl methyl sites for hydroxylation is 1. The van der Waals surface area contributed by atoms with Crippen LogP contribution >= 0.6 is 0 Å². The SMILES string of the molecule is COc1ccc(CNCCCc2cccnc2)cc1OCC(O)CN(C)Cc1ccccc1. The van der Waals surface area contributed by atoms with Crippen molar-refractivity contribution in [3.8, 4) is 11.5 Å². The van der Waals surface area contributed by atoms with Crippen molar-refractivity contribution in [1.82, 2.24) is 15.2 Å². The number of ether oxygens (including phenoxy) is 2. The third-order valence-corrected chi connectivity index (χ3v) is 5.35. The molecule has 0 spiro atoms. The van der Waals surface area contributed by atoms with Crippen LogP contribution in [0.2, 0.25) is 0 Å². The van der Waals surface area contributed by atoms with Gasteiger partial charge in [0.2, 0.25) is 0 Å². The molecule has 3 rings (SSSR count). The Labute approximate surface area is 197 Å². The number of aromatic nitrogens is 1. The molecule has 0 fully saturated rings. The zero-order chi connectivity index (χ0) is 23.3. The van der Waals surface area contributed by atoms with Gasteiger partial charge in [-0.15, -0.1) is 0 Å². The van der Waals surface area contributed by atoms with Gasteiger partial charge >= 0.3 is 0 Å². The molecule has 0 amide bonds. The molecule has 3 aromatic rings. The highest BCUT2D eigenvalue weighted by Crippen LogP contribution is 2.28. The summed E-state index contributed by atoms with van der Waals surface area (Å²) in [5, 5.41) is 13.9. The van der Waals surface area contributed by atoms with Crippen molar-refractivity contribution >= 4 is 0 Å². The number of nitrogens with zero attached hydrogens (tertiary/aromatic N) is 2. The summed E-state index contributed by atoms with van der Waals surface area (Å²) in [6, 6.07) is 20.2. The number of hydrogen-bond donors (Lipinski definition) is 2. The molecule has 33 heavy (non-hydrogen) atoms. The fraction of sp³-hybridized carbons (Fsp3) is 0.370. The van der Waals surface area contributed by atoms with E-state index in [-0.39, 0.29) is 6.61 Å². The van der Waals surface area contributed by atoms with E-state index < -0.39 is 6.10 Å². The lowest BCUT2D eigenvalue weighted by molar-refractivity contribution is 0.0732. The first-order chi connectivity index (χ1) is 16.1. The number of methoxy groups -OCH3 is 1. The Morgan fingerprint density at radius 1 is 1.00 bits per heavy atom. The summed E-state index contributed by atoms with van der Waals surface area (Å²) in [5.41, 5.74) is 3.59. The lowest BCUT2D eigenvalue weighted by Crippen LogP contribution is -2.32. The van der Waals surface area contributed by atoms with Crippen LogP contribution in [0.15, 0.2) is 73.1 Å². The molecule has 0 aliphatic carbocycles. The Morgan fingerprint density at radius 3 is 2.58 bits per heavy atom. The standard InChI is InChI=1S/C27H35N3O3/c1-30(19-23-8-4-3-5-9-23)20-25(31)21-33-27-16-24(12-13-26(27)32-2)18-29-15-7-11-22-10-6-14-28-17-22/h3-6,8-10,12-14,16-17,25,29,31H,7,11,15,18-21H2,1-2H3. The van der Waals surface area contributed by atoms with E-state index in [4.69, 9.17) is 9.47 Å².